The number of carbonyl (C=O) groups is 1. The number of carbonyl (C=O) groups excluding carboxylic acids is 1. The SMILES string of the molecule is CC(C)(C)OC(=O)NC1CC1[B-](F)(F)F.[K+]. The van der Waals surface area contributed by atoms with E-state index in [0.29, 0.717) is 0 Å². The van der Waals surface area contributed by atoms with Crippen LogP contribution in [0.5, 0.6) is 0 Å². The molecular formula is C8H14BF3KNO2. The van der Waals surface area contributed by atoms with Crippen LogP contribution in [0.25, 0.3) is 0 Å². The summed E-state index contributed by atoms with van der Waals surface area (Å²) in [6.07, 6.45) is -0.807. The Morgan fingerprint density at radius 1 is 1.38 bits per heavy atom. The second-order valence-corrected chi connectivity index (χ2v) is 4.78. The molecule has 1 aliphatic rings. The summed E-state index contributed by atoms with van der Waals surface area (Å²) in [5, 5.41) is 2.20. The van der Waals surface area contributed by atoms with Gasteiger partial charge in [-0.25, -0.2) is 4.79 Å². The Balaban J connectivity index is 0.00000225. The maximum absolute atomic E-state index is 12.1. The smallest absolute Gasteiger partial charge is 0.449 e. The van der Waals surface area contributed by atoms with Crippen molar-refractivity contribution in [2.45, 2.75) is 44.7 Å². The maximum Gasteiger partial charge on any atom is 1.00 e. The van der Waals surface area contributed by atoms with Gasteiger partial charge >= 0.3 is 64.5 Å². The molecule has 1 amide bonds. The third kappa shape index (κ3) is 5.90. The summed E-state index contributed by atoms with van der Waals surface area (Å²) in [5.41, 5.74) is -0.683. The Kier molecular flexibility index (Phi) is 5.87. The first-order chi connectivity index (χ1) is 6.59. The van der Waals surface area contributed by atoms with Gasteiger partial charge in [-0.05, 0) is 20.8 Å². The molecule has 0 saturated heterocycles. The zero-order chi connectivity index (χ0) is 11.9. The molecule has 0 spiro atoms. The number of hydrogen-bond acceptors (Lipinski definition) is 2. The van der Waals surface area contributed by atoms with E-state index in [9.17, 15) is 17.7 Å². The van der Waals surface area contributed by atoms with Gasteiger partial charge in [0.25, 0.3) is 0 Å². The van der Waals surface area contributed by atoms with Crippen molar-refractivity contribution in [2.24, 2.45) is 0 Å². The maximum atomic E-state index is 12.1. The van der Waals surface area contributed by atoms with Gasteiger partial charge in [0.2, 0.25) is 0 Å². The fourth-order valence-corrected chi connectivity index (χ4v) is 1.26. The first kappa shape index (κ1) is 16.8. The molecule has 0 bridgehead atoms. The topological polar surface area (TPSA) is 38.3 Å². The van der Waals surface area contributed by atoms with Crippen molar-refractivity contribution in [2.75, 3.05) is 0 Å². The molecule has 1 N–H and O–H groups in total. The molecule has 0 heterocycles. The van der Waals surface area contributed by atoms with Crippen LogP contribution < -0.4 is 56.7 Å². The Morgan fingerprint density at radius 3 is 2.19 bits per heavy atom. The molecule has 88 valence electrons. The monoisotopic (exact) mass is 263 g/mol. The van der Waals surface area contributed by atoms with Crippen molar-refractivity contribution in [1.29, 1.82) is 0 Å². The molecule has 1 rings (SSSR count). The van der Waals surface area contributed by atoms with Gasteiger partial charge in [-0.1, -0.05) is 12.2 Å². The van der Waals surface area contributed by atoms with Crippen LogP contribution in [0.4, 0.5) is 17.7 Å². The van der Waals surface area contributed by atoms with E-state index in [-0.39, 0.29) is 57.8 Å². The van der Waals surface area contributed by atoms with Gasteiger partial charge in [0, 0.05) is 6.04 Å². The molecule has 0 aromatic heterocycles. The number of alkyl carbamates (subject to hydrolysis) is 1. The molecule has 2 atom stereocenters. The molecule has 1 saturated carbocycles. The standard InChI is InChI=1S/C8H14BF3NO2.K/c1-8(2,3)15-7(14)13-6-4-5(6)9(10,11)12;/h5-6H,4H2,1-3H3,(H,13,14);/q-1;+1. The van der Waals surface area contributed by atoms with Gasteiger partial charge < -0.3 is 23.0 Å². The number of halogens is 3. The van der Waals surface area contributed by atoms with Crippen molar-refractivity contribution >= 4 is 13.1 Å². The van der Waals surface area contributed by atoms with Crippen LogP contribution in [-0.4, -0.2) is 24.7 Å². The predicted molar refractivity (Wildman–Crippen MR) is 50.6 cm³/mol. The first-order valence-corrected chi connectivity index (χ1v) is 4.79. The van der Waals surface area contributed by atoms with Crippen LogP contribution >= 0.6 is 0 Å². The van der Waals surface area contributed by atoms with Crippen LogP contribution in [0.15, 0.2) is 0 Å². The van der Waals surface area contributed by atoms with E-state index in [2.05, 4.69) is 5.32 Å². The molecular weight excluding hydrogens is 249 g/mol. The second-order valence-electron chi connectivity index (χ2n) is 4.78. The summed E-state index contributed by atoms with van der Waals surface area (Å²) in [5.74, 6) is -1.35. The minimum absolute atomic E-state index is 0. The summed E-state index contributed by atoms with van der Waals surface area (Å²) >= 11 is 0. The third-order valence-corrected chi connectivity index (χ3v) is 2.03. The van der Waals surface area contributed by atoms with Crippen molar-refractivity contribution in [3.8, 4) is 0 Å². The summed E-state index contributed by atoms with van der Waals surface area (Å²) in [6.45, 7) is 0.138. The van der Waals surface area contributed by atoms with Crippen molar-refractivity contribution < 1.29 is 73.9 Å². The number of rotatable bonds is 2. The Labute approximate surface area is 135 Å². The second kappa shape index (κ2) is 5.60. The molecule has 1 aliphatic carbocycles. The average Bonchev–Trinajstić information content (AvgIpc) is 2.59. The summed E-state index contributed by atoms with van der Waals surface area (Å²) in [7, 11) is 0. The van der Waals surface area contributed by atoms with Gasteiger partial charge in [-0.3, -0.25) is 0 Å². The molecule has 0 aliphatic heterocycles. The van der Waals surface area contributed by atoms with Crippen molar-refractivity contribution in [3.63, 3.8) is 0 Å². The zero-order valence-corrected chi connectivity index (χ0v) is 13.0. The van der Waals surface area contributed by atoms with Crippen molar-refractivity contribution in [1.82, 2.24) is 5.32 Å². The fourth-order valence-electron chi connectivity index (χ4n) is 1.26. The molecule has 2 unspecified atom stereocenters. The number of nitrogens with one attached hydrogen (secondary N) is 1. The van der Waals surface area contributed by atoms with E-state index in [4.69, 9.17) is 4.74 Å². The van der Waals surface area contributed by atoms with Gasteiger partial charge in [0.05, 0.1) is 0 Å². The molecule has 8 heteroatoms. The predicted octanol–water partition coefficient (Wildman–Crippen LogP) is -0.495. The van der Waals surface area contributed by atoms with E-state index in [1.807, 2.05) is 0 Å². The van der Waals surface area contributed by atoms with E-state index < -0.39 is 30.5 Å². The van der Waals surface area contributed by atoms with Crippen molar-refractivity contribution in [3.05, 3.63) is 0 Å². The Hall–Kier alpha value is 0.761. The molecule has 0 radical (unpaired) electrons. The summed E-state index contributed by atoms with van der Waals surface area (Å²) < 4.78 is 41.3. The van der Waals surface area contributed by atoms with Crippen LogP contribution in [0.1, 0.15) is 27.2 Å². The van der Waals surface area contributed by atoms with E-state index in [1.54, 1.807) is 20.8 Å². The molecule has 3 nitrogen and oxygen atoms in total. The molecule has 1 fully saturated rings. The largest absolute Gasteiger partial charge is 1.00 e. The first-order valence-electron chi connectivity index (χ1n) is 4.79. The minimum Gasteiger partial charge on any atom is -0.449 e. The Bertz CT molecular complexity index is 267. The van der Waals surface area contributed by atoms with Gasteiger partial charge in [0.1, 0.15) is 5.60 Å². The van der Waals surface area contributed by atoms with E-state index >= 15 is 0 Å². The van der Waals surface area contributed by atoms with Crippen LogP contribution in [0, 0.1) is 0 Å². The van der Waals surface area contributed by atoms with Crippen LogP contribution in [0.2, 0.25) is 5.82 Å². The van der Waals surface area contributed by atoms with Gasteiger partial charge in [0.15, 0.2) is 0 Å². The van der Waals surface area contributed by atoms with Crippen LogP contribution in [-0.2, 0) is 4.74 Å². The minimum atomic E-state index is -4.83. The number of ether oxygens (including phenoxy) is 1. The van der Waals surface area contributed by atoms with E-state index in [0.717, 1.165) is 0 Å². The van der Waals surface area contributed by atoms with Gasteiger partial charge in [-0.15, -0.1) is 0 Å². The normalized spacial score (nSPS) is 24.4. The molecule has 0 aromatic carbocycles. The molecule has 0 aromatic rings. The average molecular weight is 263 g/mol. The summed E-state index contributed by atoms with van der Waals surface area (Å²) in [6, 6.07) is -0.792. The molecule has 16 heavy (non-hydrogen) atoms. The van der Waals surface area contributed by atoms with E-state index in [1.165, 1.54) is 0 Å². The summed E-state index contributed by atoms with van der Waals surface area (Å²) in [4.78, 5) is 11.1. The number of amides is 1. The van der Waals surface area contributed by atoms with Gasteiger partial charge in [-0.2, -0.15) is 0 Å². The number of hydrogen-bond donors (Lipinski definition) is 1. The Morgan fingerprint density at radius 2 is 1.88 bits per heavy atom. The van der Waals surface area contributed by atoms with Crippen LogP contribution in [0.3, 0.4) is 0 Å². The third-order valence-electron chi connectivity index (χ3n) is 2.03. The zero-order valence-electron chi connectivity index (χ0n) is 9.89. The fraction of sp³-hybridized carbons (Fsp3) is 0.875. The quantitative estimate of drug-likeness (QED) is 0.682.